The Labute approximate surface area is 128 Å². The van der Waals surface area contributed by atoms with Gasteiger partial charge in [0.1, 0.15) is 0 Å². The zero-order valence-corrected chi connectivity index (χ0v) is 11.9. The van der Waals surface area contributed by atoms with Gasteiger partial charge < -0.3 is 4.74 Å². The lowest BCUT2D eigenvalue weighted by molar-refractivity contribution is -0.137. The molecule has 0 saturated carbocycles. The molecule has 1 heterocycles. The summed E-state index contributed by atoms with van der Waals surface area (Å²) >= 11 is 0. The lowest BCUT2D eigenvalue weighted by Gasteiger charge is -2.09. The molecule has 1 N–H and O–H groups in total. The predicted molar refractivity (Wildman–Crippen MR) is 77.9 cm³/mol. The number of benzene rings is 2. The molecule has 23 heavy (non-hydrogen) atoms. The first-order chi connectivity index (χ1) is 10.9. The molecule has 0 aliphatic rings. The quantitative estimate of drug-likeness (QED) is 0.725. The maximum absolute atomic E-state index is 12.6. The van der Waals surface area contributed by atoms with Gasteiger partial charge in [-0.25, -0.2) is 4.79 Å². The van der Waals surface area contributed by atoms with Crippen molar-refractivity contribution in [2.24, 2.45) is 0 Å². The van der Waals surface area contributed by atoms with Gasteiger partial charge in [-0.3, -0.25) is 5.10 Å². The number of fused-ring (bicyclic) bond motifs is 1. The molecule has 0 aliphatic heterocycles. The molecule has 118 valence electrons. The number of carbonyl (C=O) groups is 1. The normalized spacial score (nSPS) is 11.7. The lowest BCUT2D eigenvalue weighted by Crippen LogP contribution is -2.04. The van der Waals surface area contributed by atoms with E-state index in [0.29, 0.717) is 22.0 Å². The first kappa shape index (κ1) is 15.1. The predicted octanol–water partition coefficient (Wildman–Crippen LogP) is 4.04. The molecule has 0 saturated heterocycles. The van der Waals surface area contributed by atoms with Crippen LogP contribution in [0.1, 0.15) is 15.9 Å². The fourth-order valence-corrected chi connectivity index (χ4v) is 2.35. The van der Waals surface area contributed by atoms with Crippen molar-refractivity contribution in [2.75, 3.05) is 7.11 Å². The molecule has 0 unspecified atom stereocenters. The summed E-state index contributed by atoms with van der Waals surface area (Å²) in [5, 5.41) is 7.26. The summed E-state index contributed by atoms with van der Waals surface area (Å²) in [6, 6.07) is 8.05. The molecule has 1 aromatic heterocycles. The van der Waals surface area contributed by atoms with Crippen LogP contribution in [0.4, 0.5) is 13.2 Å². The van der Waals surface area contributed by atoms with Crippen LogP contribution in [0.2, 0.25) is 0 Å². The van der Waals surface area contributed by atoms with Gasteiger partial charge in [-0.15, -0.1) is 0 Å². The van der Waals surface area contributed by atoms with Crippen molar-refractivity contribution in [3.63, 3.8) is 0 Å². The lowest BCUT2D eigenvalue weighted by atomic mass is 9.99. The van der Waals surface area contributed by atoms with Crippen LogP contribution in [-0.4, -0.2) is 23.3 Å². The van der Waals surface area contributed by atoms with Crippen LogP contribution in [-0.2, 0) is 10.9 Å². The third-order valence-corrected chi connectivity index (χ3v) is 3.50. The number of aromatic nitrogens is 2. The minimum absolute atomic E-state index is 0.275. The van der Waals surface area contributed by atoms with E-state index < -0.39 is 17.7 Å². The Morgan fingerprint density at radius 1 is 1.13 bits per heavy atom. The Morgan fingerprint density at radius 3 is 2.43 bits per heavy atom. The van der Waals surface area contributed by atoms with E-state index in [1.807, 2.05) is 0 Å². The van der Waals surface area contributed by atoms with Gasteiger partial charge in [0.25, 0.3) is 0 Å². The van der Waals surface area contributed by atoms with Gasteiger partial charge in [-0.05, 0) is 35.4 Å². The molecule has 0 amide bonds. The largest absolute Gasteiger partial charge is 0.465 e. The Balaban J connectivity index is 2.11. The molecule has 3 aromatic rings. The second-order valence-corrected chi connectivity index (χ2v) is 4.92. The van der Waals surface area contributed by atoms with Gasteiger partial charge in [0.15, 0.2) is 0 Å². The highest BCUT2D eigenvalue weighted by molar-refractivity contribution is 6.04. The maximum atomic E-state index is 12.6. The summed E-state index contributed by atoms with van der Waals surface area (Å²) in [4.78, 5) is 11.9. The molecule has 2 aromatic carbocycles. The first-order valence-corrected chi connectivity index (χ1v) is 6.63. The number of aromatic amines is 1. The number of carbonyl (C=O) groups excluding carboxylic acids is 1. The monoisotopic (exact) mass is 320 g/mol. The van der Waals surface area contributed by atoms with Gasteiger partial charge in [0.2, 0.25) is 0 Å². The fourth-order valence-electron chi connectivity index (χ4n) is 2.35. The van der Waals surface area contributed by atoms with E-state index in [4.69, 9.17) is 4.74 Å². The molecule has 3 rings (SSSR count). The van der Waals surface area contributed by atoms with Crippen LogP contribution in [0.3, 0.4) is 0 Å². The van der Waals surface area contributed by atoms with Crippen molar-refractivity contribution in [1.82, 2.24) is 10.2 Å². The van der Waals surface area contributed by atoms with Crippen molar-refractivity contribution < 1.29 is 22.7 Å². The Hall–Kier alpha value is -2.83. The van der Waals surface area contributed by atoms with Crippen LogP contribution >= 0.6 is 0 Å². The van der Waals surface area contributed by atoms with Crippen LogP contribution in [0, 0.1) is 0 Å². The van der Waals surface area contributed by atoms with Crippen LogP contribution < -0.4 is 0 Å². The van der Waals surface area contributed by atoms with Crippen molar-refractivity contribution in [1.29, 1.82) is 0 Å². The zero-order chi connectivity index (χ0) is 16.6. The summed E-state index contributed by atoms with van der Waals surface area (Å²) in [5.41, 5.74) is 1.24. The van der Waals surface area contributed by atoms with Crippen LogP contribution in [0.25, 0.3) is 22.0 Å². The minimum atomic E-state index is -4.38. The average molecular weight is 320 g/mol. The molecule has 0 fully saturated rings. The number of nitrogens with one attached hydrogen (secondary N) is 1. The van der Waals surface area contributed by atoms with E-state index in [9.17, 15) is 18.0 Å². The van der Waals surface area contributed by atoms with Crippen LogP contribution in [0.15, 0.2) is 42.6 Å². The zero-order valence-electron chi connectivity index (χ0n) is 11.9. The molecular weight excluding hydrogens is 309 g/mol. The number of halogens is 3. The number of esters is 1. The summed E-state index contributed by atoms with van der Waals surface area (Å²) in [5.74, 6) is -0.548. The highest BCUT2D eigenvalue weighted by Gasteiger charge is 2.30. The smallest absolute Gasteiger partial charge is 0.416 e. The van der Waals surface area contributed by atoms with Gasteiger partial charge in [-0.1, -0.05) is 12.1 Å². The molecule has 0 aliphatic carbocycles. The number of alkyl halides is 3. The summed E-state index contributed by atoms with van der Waals surface area (Å²) in [6.07, 6.45) is -2.85. The average Bonchev–Trinajstić information content (AvgIpc) is 3.01. The number of hydrogen-bond donors (Lipinski definition) is 1. The van der Waals surface area contributed by atoms with Gasteiger partial charge in [0.05, 0.1) is 30.0 Å². The van der Waals surface area contributed by atoms with E-state index >= 15 is 0 Å². The minimum Gasteiger partial charge on any atom is -0.465 e. The van der Waals surface area contributed by atoms with E-state index in [1.54, 1.807) is 12.1 Å². The summed E-state index contributed by atoms with van der Waals surface area (Å²) < 4.78 is 42.6. The van der Waals surface area contributed by atoms with Gasteiger partial charge >= 0.3 is 12.1 Å². The molecular formula is C16H11F3N2O2. The number of rotatable bonds is 2. The van der Waals surface area contributed by atoms with E-state index in [-0.39, 0.29) is 5.56 Å². The molecule has 0 atom stereocenters. The first-order valence-electron chi connectivity index (χ1n) is 6.63. The number of hydrogen-bond acceptors (Lipinski definition) is 3. The van der Waals surface area contributed by atoms with Crippen molar-refractivity contribution >= 4 is 16.9 Å². The number of ether oxygens (including phenoxy) is 1. The third-order valence-electron chi connectivity index (χ3n) is 3.50. The molecule has 7 heteroatoms. The summed E-state index contributed by atoms with van der Waals surface area (Å²) in [6.45, 7) is 0. The maximum Gasteiger partial charge on any atom is 0.416 e. The molecule has 0 radical (unpaired) electrons. The Bertz CT molecular complexity index is 867. The Kier molecular flexibility index (Phi) is 3.55. The number of H-pyrrole nitrogens is 1. The third kappa shape index (κ3) is 2.77. The Morgan fingerprint density at radius 2 is 1.83 bits per heavy atom. The second-order valence-electron chi connectivity index (χ2n) is 4.92. The highest BCUT2D eigenvalue weighted by Crippen LogP contribution is 2.32. The van der Waals surface area contributed by atoms with Gasteiger partial charge in [-0.2, -0.15) is 18.3 Å². The standard InChI is InChI=1S/C16H11F3N2O2/c1-23-15(22)13-7-10(6-11-8-20-21-14(11)13)9-2-4-12(5-3-9)16(17,18)19/h2-8H,1H3,(H,20,21). The van der Waals surface area contributed by atoms with Crippen molar-refractivity contribution in [3.05, 3.63) is 53.7 Å². The fraction of sp³-hybridized carbons (Fsp3) is 0.125. The SMILES string of the molecule is COC(=O)c1cc(-c2ccc(C(F)(F)F)cc2)cc2cn[nH]c12. The number of methoxy groups -OCH3 is 1. The summed E-state index contributed by atoms with van der Waals surface area (Å²) in [7, 11) is 1.26. The van der Waals surface area contributed by atoms with Crippen molar-refractivity contribution in [2.45, 2.75) is 6.18 Å². The van der Waals surface area contributed by atoms with E-state index in [2.05, 4.69) is 10.2 Å². The topological polar surface area (TPSA) is 55.0 Å². The molecule has 0 spiro atoms. The van der Waals surface area contributed by atoms with E-state index in [1.165, 1.54) is 25.4 Å². The molecule has 0 bridgehead atoms. The second kappa shape index (κ2) is 5.42. The van der Waals surface area contributed by atoms with Gasteiger partial charge in [0, 0.05) is 5.39 Å². The van der Waals surface area contributed by atoms with E-state index in [0.717, 1.165) is 12.1 Å². The van der Waals surface area contributed by atoms with Crippen molar-refractivity contribution in [3.8, 4) is 11.1 Å². The van der Waals surface area contributed by atoms with Crippen LogP contribution in [0.5, 0.6) is 0 Å². The number of nitrogens with zero attached hydrogens (tertiary/aromatic N) is 1. The molecule has 4 nitrogen and oxygen atoms in total. The highest BCUT2D eigenvalue weighted by atomic mass is 19.4.